The molecular formula is C12H19F3N2O. The fourth-order valence-corrected chi connectivity index (χ4v) is 1.58. The zero-order valence-electron chi connectivity index (χ0n) is 10.6. The predicted octanol–water partition coefficient (Wildman–Crippen LogP) is 2.77. The molecule has 0 bridgehead atoms. The standard InChI is InChI=1S/C12H19F3N2O/c1-10(2)8-16-9-11-4-3-5-17(11)6-7-18-12(13,14)15/h3-5,10,16H,6-9H2,1-2H3. The van der Waals surface area contributed by atoms with E-state index in [1.165, 1.54) is 0 Å². The van der Waals surface area contributed by atoms with Crippen molar-refractivity contribution < 1.29 is 17.9 Å². The first kappa shape index (κ1) is 15.0. The number of rotatable bonds is 7. The quantitative estimate of drug-likeness (QED) is 0.819. The highest BCUT2D eigenvalue weighted by Crippen LogP contribution is 2.16. The van der Waals surface area contributed by atoms with Gasteiger partial charge in [-0.3, -0.25) is 4.74 Å². The summed E-state index contributed by atoms with van der Waals surface area (Å²) in [6.07, 6.45) is -2.80. The monoisotopic (exact) mass is 264 g/mol. The van der Waals surface area contributed by atoms with Crippen LogP contribution in [0.4, 0.5) is 13.2 Å². The molecule has 0 fully saturated rings. The Morgan fingerprint density at radius 1 is 1.39 bits per heavy atom. The number of nitrogens with zero attached hydrogens (tertiary/aromatic N) is 1. The lowest BCUT2D eigenvalue weighted by atomic mass is 10.2. The van der Waals surface area contributed by atoms with Crippen LogP contribution in [0.3, 0.4) is 0 Å². The van der Waals surface area contributed by atoms with E-state index in [0.717, 1.165) is 12.2 Å². The highest BCUT2D eigenvalue weighted by atomic mass is 19.4. The van der Waals surface area contributed by atoms with E-state index in [9.17, 15) is 13.2 Å². The van der Waals surface area contributed by atoms with Gasteiger partial charge >= 0.3 is 6.36 Å². The predicted molar refractivity (Wildman–Crippen MR) is 63.0 cm³/mol. The lowest BCUT2D eigenvalue weighted by Crippen LogP contribution is -2.22. The Kier molecular flexibility index (Phi) is 5.68. The fourth-order valence-electron chi connectivity index (χ4n) is 1.58. The zero-order valence-corrected chi connectivity index (χ0v) is 10.6. The van der Waals surface area contributed by atoms with Crippen LogP contribution < -0.4 is 5.32 Å². The van der Waals surface area contributed by atoms with E-state index in [1.807, 2.05) is 12.1 Å². The summed E-state index contributed by atoms with van der Waals surface area (Å²) in [6, 6.07) is 3.71. The molecule has 3 nitrogen and oxygen atoms in total. The molecule has 0 amide bonds. The van der Waals surface area contributed by atoms with Gasteiger partial charge in [0.15, 0.2) is 0 Å². The minimum Gasteiger partial charge on any atom is -0.348 e. The largest absolute Gasteiger partial charge is 0.522 e. The second kappa shape index (κ2) is 6.80. The average molecular weight is 264 g/mol. The Hall–Kier alpha value is -1.01. The van der Waals surface area contributed by atoms with Crippen LogP contribution in [0.1, 0.15) is 19.5 Å². The van der Waals surface area contributed by atoms with Gasteiger partial charge in [-0.25, -0.2) is 0 Å². The normalized spacial score (nSPS) is 12.3. The van der Waals surface area contributed by atoms with Crippen LogP contribution in [0.5, 0.6) is 0 Å². The van der Waals surface area contributed by atoms with Crippen molar-refractivity contribution in [2.45, 2.75) is 33.3 Å². The van der Waals surface area contributed by atoms with Crippen LogP contribution in [-0.4, -0.2) is 24.1 Å². The third-order valence-electron chi connectivity index (χ3n) is 2.38. The number of alkyl halides is 3. The Bertz CT molecular complexity index is 347. The minimum absolute atomic E-state index is 0.200. The van der Waals surface area contributed by atoms with E-state index in [4.69, 9.17) is 0 Å². The molecule has 0 unspecified atom stereocenters. The highest BCUT2D eigenvalue weighted by Gasteiger charge is 2.28. The summed E-state index contributed by atoms with van der Waals surface area (Å²) in [6.45, 7) is 5.56. The second-order valence-electron chi connectivity index (χ2n) is 4.51. The van der Waals surface area contributed by atoms with Gasteiger partial charge in [-0.15, -0.1) is 13.2 Å². The molecule has 0 aliphatic rings. The molecule has 0 aliphatic carbocycles. The van der Waals surface area contributed by atoms with Crippen LogP contribution in [0.15, 0.2) is 18.3 Å². The molecule has 1 aromatic heterocycles. The number of hydrogen-bond donors (Lipinski definition) is 1. The van der Waals surface area contributed by atoms with E-state index < -0.39 is 6.36 Å². The maximum Gasteiger partial charge on any atom is 0.522 e. The van der Waals surface area contributed by atoms with Crippen molar-refractivity contribution >= 4 is 0 Å². The molecule has 1 rings (SSSR count). The first-order valence-electron chi connectivity index (χ1n) is 5.94. The summed E-state index contributed by atoms with van der Waals surface area (Å²) < 4.78 is 41.0. The zero-order chi connectivity index (χ0) is 13.6. The summed E-state index contributed by atoms with van der Waals surface area (Å²) in [4.78, 5) is 0. The van der Waals surface area contributed by atoms with Crippen LogP contribution in [-0.2, 0) is 17.8 Å². The van der Waals surface area contributed by atoms with Gasteiger partial charge in [0.2, 0.25) is 0 Å². The molecule has 1 heterocycles. The van der Waals surface area contributed by atoms with E-state index >= 15 is 0 Å². The smallest absolute Gasteiger partial charge is 0.348 e. The molecule has 0 spiro atoms. The van der Waals surface area contributed by atoms with Crippen molar-refractivity contribution in [1.29, 1.82) is 0 Å². The number of halogens is 3. The average Bonchev–Trinajstić information content (AvgIpc) is 2.63. The summed E-state index contributed by atoms with van der Waals surface area (Å²) in [5.74, 6) is 0.543. The van der Waals surface area contributed by atoms with Crippen LogP contribution in [0.2, 0.25) is 0 Å². The van der Waals surface area contributed by atoms with E-state index in [0.29, 0.717) is 12.5 Å². The Morgan fingerprint density at radius 2 is 2.11 bits per heavy atom. The lowest BCUT2D eigenvalue weighted by molar-refractivity contribution is -0.325. The van der Waals surface area contributed by atoms with Gasteiger partial charge in [0, 0.05) is 25.0 Å². The fraction of sp³-hybridized carbons (Fsp3) is 0.667. The van der Waals surface area contributed by atoms with Crippen LogP contribution >= 0.6 is 0 Å². The minimum atomic E-state index is -4.55. The third kappa shape index (κ3) is 6.07. The van der Waals surface area contributed by atoms with E-state index in [-0.39, 0.29) is 13.2 Å². The topological polar surface area (TPSA) is 26.2 Å². The summed E-state index contributed by atoms with van der Waals surface area (Å²) in [5.41, 5.74) is 0.960. The van der Waals surface area contributed by atoms with E-state index in [1.54, 1.807) is 10.8 Å². The van der Waals surface area contributed by atoms with Crippen molar-refractivity contribution in [2.75, 3.05) is 13.2 Å². The van der Waals surface area contributed by atoms with Crippen molar-refractivity contribution in [3.05, 3.63) is 24.0 Å². The van der Waals surface area contributed by atoms with Crippen molar-refractivity contribution in [1.82, 2.24) is 9.88 Å². The molecule has 1 aromatic rings. The Morgan fingerprint density at radius 3 is 2.72 bits per heavy atom. The molecule has 6 heteroatoms. The number of ether oxygens (including phenoxy) is 1. The molecule has 0 atom stereocenters. The van der Waals surface area contributed by atoms with E-state index in [2.05, 4.69) is 23.9 Å². The molecular weight excluding hydrogens is 245 g/mol. The van der Waals surface area contributed by atoms with Crippen LogP contribution in [0.25, 0.3) is 0 Å². The summed E-state index contributed by atoms with van der Waals surface area (Å²) in [7, 11) is 0. The van der Waals surface area contributed by atoms with Gasteiger partial charge in [-0.2, -0.15) is 0 Å². The molecule has 0 aromatic carbocycles. The third-order valence-corrected chi connectivity index (χ3v) is 2.38. The van der Waals surface area contributed by atoms with Crippen molar-refractivity contribution in [3.63, 3.8) is 0 Å². The lowest BCUT2D eigenvalue weighted by Gasteiger charge is -2.12. The first-order chi connectivity index (χ1) is 8.38. The number of aromatic nitrogens is 1. The number of nitrogens with one attached hydrogen (secondary N) is 1. The molecule has 18 heavy (non-hydrogen) atoms. The van der Waals surface area contributed by atoms with Gasteiger partial charge in [0.25, 0.3) is 0 Å². The highest BCUT2D eigenvalue weighted by molar-refractivity contribution is 5.06. The molecule has 104 valence electrons. The molecule has 1 N–H and O–H groups in total. The summed E-state index contributed by atoms with van der Waals surface area (Å²) >= 11 is 0. The molecule has 0 aliphatic heterocycles. The maximum atomic E-state index is 11.8. The second-order valence-corrected chi connectivity index (χ2v) is 4.51. The SMILES string of the molecule is CC(C)CNCc1cccn1CCOC(F)(F)F. The Balaban J connectivity index is 2.35. The van der Waals surface area contributed by atoms with Gasteiger partial charge < -0.3 is 9.88 Å². The molecule has 0 radical (unpaired) electrons. The molecule has 0 saturated carbocycles. The first-order valence-corrected chi connectivity index (χ1v) is 5.94. The molecule has 0 saturated heterocycles. The van der Waals surface area contributed by atoms with Crippen LogP contribution in [0, 0.1) is 5.92 Å². The van der Waals surface area contributed by atoms with Gasteiger partial charge in [-0.05, 0) is 24.6 Å². The van der Waals surface area contributed by atoms with Gasteiger partial charge in [0.05, 0.1) is 6.61 Å². The van der Waals surface area contributed by atoms with Gasteiger partial charge in [-0.1, -0.05) is 13.8 Å². The maximum absolute atomic E-state index is 11.8. The Labute approximate surface area is 105 Å². The summed E-state index contributed by atoms with van der Waals surface area (Å²) in [5, 5.41) is 3.25. The van der Waals surface area contributed by atoms with Crippen molar-refractivity contribution in [3.8, 4) is 0 Å². The number of hydrogen-bond acceptors (Lipinski definition) is 2. The van der Waals surface area contributed by atoms with Gasteiger partial charge in [0.1, 0.15) is 0 Å². The van der Waals surface area contributed by atoms with Crippen molar-refractivity contribution in [2.24, 2.45) is 5.92 Å².